The highest BCUT2D eigenvalue weighted by atomic mass is 32.1. The molecule has 0 fully saturated rings. The normalized spacial score (nSPS) is 12.1. The maximum Gasteiger partial charge on any atom is 0.258 e. The Hall–Kier alpha value is -2.05. The summed E-state index contributed by atoms with van der Waals surface area (Å²) in [5.41, 5.74) is 0.330. The molecule has 1 amide bonds. The largest absolute Gasteiger partial charge is 0.340 e. The Morgan fingerprint density at radius 2 is 1.82 bits per heavy atom. The Labute approximate surface area is 134 Å². The first-order valence-electron chi connectivity index (χ1n) is 6.47. The molecule has 22 heavy (non-hydrogen) atoms. The van der Waals surface area contributed by atoms with Gasteiger partial charge >= 0.3 is 0 Å². The van der Waals surface area contributed by atoms with Crippen LogP contribution in [-0.2, 0) is 0 Å². The Kier molecular flexibility index (Phi) is 4.31. The maximum absolute atomic E-state index is 13.7. The molecule has 0 aliphatic rings. The lowest BCUT2D eigenvalue weighted by molar-refractivity contribution is 0.0935. The summed E-state index contributed by atoms with van der Waals surface area (Å²) in [6.07, 6.45) is 0. The van der Waals surface area contributed by atoms with Crippen LogP contribution in [0.15, 0.2) is 52.5 Å². The number of hydrogen-bond acceptors (Lipinski definition) is 3. The third kappa shape index (κ3) is 2.93. The fourth-order valence-corrected chi connectivity index (χ4v) is 3.62. The molecule has 2 nitrogen and oxygen atoms in total. The Morgan fingerprint density at radius 3 is 2.41 bits per heavy atom. The van der Waals surface area contributed by atoms with Crippen molar-refractivity contribution in [1.29, 1.82) is 0 Å². The van der Waals surface area contributed by atoms with Crippen molar-refractivity contribution in [2.24, 2.45) is 0 Å². The van der Waals surface area contributed by atoms with Gasteiger partial charge in [0.1, 0.15) is 17.2 Å². The van der Waals surface area contributed by atoms with E-state index in [1.807, 2.05) is 34.3 Å². The third-order valence-electron chi connectivity index (χ3n) is 3.17. The molecule has 0 aliphatic carbocycles. The number of halogens is 2. The first kappa shape index (κ1) is 14.9. The highest BCUT2D eigenvalue weighted by molar-refractivity contribution is 7.10. The average Bonchev–Trinajstić information content (AvgIpc) is 3.18. The van der Waals surface area contributed by atoms with E-state index in [2.05, 4.69) is 5.32 Å². The Balaban J connectivity index is 1.93. The number of nitrogens with one attached hydrogen (secondary N) is 1. The molecule has 6 heteroatoms. The van der Waals surface area contributed by atoms with Gasteiger partial charge in [-0.05, 0) is 46.0 Å². The zero-order valence-corrected chi connectivity index (χ0v) is 12.9. The van der Waals surface area contributed by atoms with E-state index in [0.29, 0.717) is 0 Å². The van der Waals surface area contributed by atoms with Crippen LogP contribution in [0.4, 0.5) is 8.78 Å². The van der Waals surface area contributed by atoms with Crippen LogP contribution < -0.4 is 5.32 Å². The summed E-state index contributed by atoms with van der Waals surface area (Å²) in [6.45, 7) is 0. The first-order chi connectivity index (χ1) is 10.7. The van der Waals surface area contributed by atoms with Crippen LogP contribution in [0.5, 0.6) is 0 Å². The van der Waals surface area contributed by atoms with Gasteiger partial charge in [0.2, 0.25) is 0 Å². The lowest BCUT2D eigenvalue weighted by atomic mass is 10.1. The van der Waals surface area contributed by atoms with E-state index in [1.165, 1.54) is 28.7 Å². The first-order valence-corrected chi connectivity index (χ1v) is 8.29. The quantitative estimate of drug-likeness (QED) is 0.741. The van der Waals surface area contributed by atoms with Gasteiger partial charge in [-0.15, -0.1) is 11.3 Å². The fraction of sp³-hybridized carbons (Fsp3) is 0.0625. The molecule has 0 radical (unpaired) electrons. The number of thiophene rings is 2. The van der Waals surface area contributed by atoms with Crippen molar-refractivity contribution in [2.75, 3.05) is 0 Å². The van der Waals surface area contributed by atoms with Crippen molar-refractivity contribution in [3.63, 3.8) is 0 Å². The van der Waals surface area contributed by atoms with E-state index in [0.717, 1.165) is 22.6 Å². The highest BCUT2D eigenvalue weighted by Gasteiger charge is 2.23. The number of amides is 1. The molecule has 0 spiro atoms. The maximum atomic E-state index is 13.7. The zero-order chi connectivity index (χ0) is 15.5. The van der Waals surface area contributed by atoms with Crippen molar-refractivity contribution in [2.45, 2.75) is 6.04 Å². The monoisotopic (exact) mass is 335 g/mol. The number of benzene rings is 1. The SMILES string of the molecule is O=C(NC(c1ccsc1)c1cccs1)c1c(F)cccc1F. The van der Waals surface area contributed by atoms with Crippen molar-refractivity contribution >= 4 is 28.6 Å². The summed E-state index contributed by atoms with van der Waals surface area (Å²) in [6, 6.07) is 8.59. The molecule has 1 N–H and O–H groups in total. The van der Waals surface area contributed by atoms with Gasteiger partial charge < -0.3 is 5.32 Å². The predicted octanol–water partition coefficient (Wildman–Crippen LogP) is 4.61. The third-order valence-corrected chi connectivity index (χ3v) is 4.81. The minimum absolute atomic E-state index is 0.419. The molecule has 0 aliphatic heterocycles. The van der Waals surface area contributed by atoms with Gasteiger partial charge in [-0.25, -0.2) is 8.78 Å². The highest BCUT2D eigenvalue weighted by Crippen LogP contribution is 2.28. The van der Waals surface area contributed by atoms with Crippen molar-refractivity contribution < 1.29 is 13.6 Å². The lowest BCUT2D eigenvalue weighted by Gasteiger charge is -2.17. The molecule has 1 unspecified atom stereocenters. The molecule has 1 aromatic carbocycles. The van der Waals surface area contributed by atoms with Crippen LogP contribution in [0.25, 0.3) is 0 Å². The van der Waals surface area contributed by atoms with Gasteiger partial charge in [0.05, 0.1) is 6.04 Å². The van der Waals surface area contributed by atoms with Crippen LogP contribution in [-0.4, -0.2) is 5.91 Å². The average molecular weight is 335 g/mol. The number of hydrogen-bond donors (Lipinski definition) is 1. The fourth-order valence-electron chi connectivity index (χ4n) is 2.13. The second-order valence-corrected chi connectivity index (χ2v) is 6.33. The van der Waals surface area contributed by atoms with Gasteiger partial charge in [-0.3, -0.25) is 4.79 Å². The minimum Gasteiger partial charge on any atom is -0.340 e. The number of carbonyl (C=O) groups excluding carboxylic acids is 1. The van der Waals surface area contributed by atoms with E-state index in [-0.39, 0.29) is 0 Å². The standard InChI is InChI=1S/C16H11F2NOS2/c17-11-3-1-4-12(18)14(11)16(20)19-15(10-6-8-21-9-10)13-5-2-7-22-13/h1-9,15H,(H,19,20). The summed E-state index contributed by atoms with van der Waals surface area (Å²) >= 11 is 2.98. The number of rotatable bonds is 4. The van der Waals surface area contributed by atoms with E-state index >= 15 is 0 Å². The van der Waals surface area contributed by atoms with E-state index in [1.54, 1.807) is 0 Å². The van der Waals surface area contributed by atoms with Gasteiger partial charge in [-0.1, -0.05) is 12.1 Å². The van der Waals surface area contributed by atoms with E-state index in [4.69, 9.17) is 0 Å². The molecule has 0 bridgehead atoms. The molecular weight excluding hydrogens is 324 g/mol. The van der Waals surface area contributed by atoms with Crippen molar-refractivity contribution in [1.82, 2.24) is 5.32 Å². The van der Waals surface area contributed by atoms with E-state index < -0.39 is 29.1 Å². The Morgan fingerprint density at radius 1 is 1.05 bits per heavy atom. The number of carbonyl (C=O) groups is 1. The van der Waals surface area contributed by atoms with Gasteiger partial charge in [0, 0.05) is 4.88 Å². The summed E-state index contributed by atoms with van der Waals surface area (Å²) in [4.78, 5) is 13.2. The summed E-state index contributed by atoms with van der Waals surface area (Å²) in [7, 11) is 0. The van der Waals surface area contributed by atoms with E-state index in [9.17, 15) is 13.6 Å². The van der Waals surface area contributed by atoms with Gasteiger partial charge in [-0.2, -0.15) is 11.3 Å². The van der Waals surface area contributed by atoms with Crippen LogP contribution in [0, 0.1) is 11.6 Å². The molecule has 2 heterocycles. The zero-order valence-electron chi connectivity index (χ0n) is 11.3. The molecular formula is C16H11F2NOS2. The minimum atomic E-state index is -0.868. The topological polar surface area (TPSA) is 29.1 Å². The molecule has 2 aromatic heterocycles. The van der Waals surface area contributed by atoms with Crippen molar-refractivity contribution in [3.05, 3.63) is 80.2 Å². The van der Waals surface area contributed by atoms with Crippen LogP contribution in [0.1, 0.15) is 26.8 Å². The smallest absolute Gasteiger partial charge is 0.258 e. The summed E-state index contributed by atoms with van der Waals surface area (Å²) in [5, 5.41) is 8.41. The van der Waals surface area contributed by atoms with Crippen LogP contribution >= 0.6 is 22.7 Å². The van der Waals surface area contributed by atoms with Crippen LogP contribution in [0.3, 0.4) is 0 Å². The second-order valence-electron chi connectivity index (χ2n) is 4.58. The summed E-state index contributed by atoms with van der Waals surface area (Å²) < 4.78 is 27.5. The molecule has 3 aromatic rings. The lowest BCUT2D eigenvalue weighted by Crippen LogP contribution is -2.30. The van der Waals surface area contributed by atoms with Crippen LogP contribution in [0.2, 0.25) is 0 Å². The summed E-state index contributed by atoms with van der Waals surface area (Å²) in [5.74, 6) is -2.50. The molecule has 3 rings (SSSR count). The second kappa shape index (κ2) is 6.37. The molecule has 112 valence electrons. The Bertz CT molecular complexity index is 715. The van der Waals surface area contributed by atoms with Gasteiger partial charge in [0.25, 0.3) is 5.91 Å². The molecule has 0 saturated heterocycles. The van der Waals surface area contributed by atoms with Gasteiger partial charge in [0.15, 0.2) is 0 Å². The molecule has 1 atom stereocenters. The van der Waals surface area contributed by atoms with Crippen molar-refractivity contribution in [3.8, 4) is 0 Å². The molecule has 0 saturated carbocycles. The predicted molar refractivity (Wildman–Crippen MR) is 84.3 cm³/mol.